The van der Waals surface area contributed by atoms with Crippen LogP contribution in [0.15, 0.2) is 67.3 Å². The Morgan fingerprint density at radius 2 is 1.91 bits per heavy atom. The normalized spacial score (nSPS) is 17.8. The lowest BCUT2D eigenvalue weighted by atomic mass is 10.1. The summed E-state index contributed by atoms with van der Waals surface area (Å²) in [6.45, 7) is 0.273. The van der Waals surface area contributed by atoms with Crippen LogP contribution in [0, 0.1) is 0 Å². The summed E-state index contributed by atoms with van der Waals surface area (Å²) in [4.78, 5) is 35.3. The monoisotopic (exact) mass is 495 g/mol. The van der Waals surface area contributed by atoms with Gasteiger partial charge in [-0.3, -0.25) is 4.79 Å². The topological polar surface area (TPSA) is 100 Å². The van der Waals surface area contributed by atoms with Crippen LogP contribution >= 0.6 is 23.2 Å². The van der Waals surface area contributed by atoms with Gasteiger partial charge in [-0.15, -0.1) is 0 Å². The number of nitrogens with zero attached hydrogens (tertiary/aromatic N) is 4. The van der Waals surface area contributed by atoms with E-state index in [1.54, 1.807) is 64.6 Å². The van der Waals surface area contributed by atoms with Gasteiger partial charge in [-0.25, -0.2) is 14.8 Å². The quantitative estimate of drug-likeness (QED) is 0.430. The number of rotatable bonds is 5. The van der Waals surface area contributed by atoms with E-state index in [9.17, 15) is 14.7 Å². The molecule has 172 valence electrons. The van der Waals surface area contributed by atoms with Gasteiger partial charge < -0.3 is 19.9 Å². The van der Waals surface area contributed by atoms with Crippen LogP contribution < -0.4 is 10.2 Å². The van der Waals surface area contributed by atoms with Gasteiger partial charge in [0.15, 0.2) is 0 Å². The van der Waals surface area contributed by atoms with Crippen molar-refractivity contribution in [2.45, 2.75) is 18.5 Å². The first-order valence-electron chi connectivity index (χ1n) is 10.5. The molecule has 0 spiro atoms. The number of anilines is 1. The van der Waals surface area contributed by atoms with Crippen molar-refractivity contribution in [2.24, 2.45) is 0 Å². The molecule has 8 nitrogen and oxygen atoms in total. The van der Waals surface area contributed by atoms with Gasteiger partial charge in [-0.05, 0) is 24.3 Å². The van der Waals surface area contributed by atoms with Crippen molar-refractivity contribution in [3.63, 3.8) is 0 Å². The third kappa shape index (κ3) is 4.06. The molecule has 2 atom stereocenters. The van der Waals surface area contributed by atoms with Crippen molar-refractivity contribution in [3.8, 4) is 5.69 Å². The number of hydrogen-bond donors (Lipinski definition) is 2. The van der Waals surface area contributed by atoms with E-state index in [0.717, 1.165) is 11.1 Å². The van der Waals surface area contributed by atoms with Gasteiger partial charge in [-0.2, -0.15) is 0 Å². The summed E-state index contributed by atoms with van der Waals surface area (Å²) in [5.74, 6) is -0.832. The number of imidazole rings is 1. The van der Waals surface area contributed by atoms with Crippen LogP contribution in [0.5, 0.6) is 0 Å². The Bertz CT molecular complexity index is 1380. The average Bonchev–Trinajstić information content (AvgIpc) is 3.52. The zero-order chi connectivity index (χ0) is 23.8. The fourth-order valence-electron chi connectivity index (χ4n) is 4.25. The van der Waals surface area contributed by atoms with Gasteiger partial charge in [0, 0.05) is 48.4 Å². The average molecular weight is 496 g/mol. The van der Waals surface area contributed by atoms with Crippen LogP contribution in [-0.2, 0) is 4.79 Å². The lowest BCUT2D eigenvalue weighted by Gasteiger charge is -2.24. The Morgan fingerprint density at radius 1 is 1.12 bits per heavy atom. The smallest absolute Gasteiger partial charge is 0.326 e. The molecule has 3 heterocycles. The van der Waals surface area contributed by atoms with Crippen LogP contribution in [0.2, 0.25) is 10.0 Å². The number of amides is 1. The van der Waals surface area contributed by atoms with Crippen molar-refractivity contribution in [1.29, 1.82) is 0 Å². The molecule has 4 aromatic rings. The molecule has 1 saturated heterocycles. The summed E-state index contributed by atoms with van der Waals surface area (Å²) in [6.07, 6.45) is 5.30. The van der Waals surface area contributed by atoms with Gasteiger partial charge in [0.2, 0.25) is 0 Å². The maximum absolute atomic E-state index is 12.7. The predicted molar refractivity (Wildman–Crippen MR) is 130 cm³/mol. The summed E-state index contributed by atoms with van der Waals surface area (Å²) in [6, 6.07) is 12.9. The zero-order valence-electron chi connectivity index (χ0n) is 17.7. The van der Waals surface area contributed by atoms with Crippen LogP contribution in [0.4, 0.5) is 5.82 Å². The minimum Gasteiger partial charge on any atom is -0.480 e. The highest BCUT2D eigenvalue weighted by Crippen LogP contribution is 2.36. The lowest BCUT2D eigenvalue weighted by Crippen LogP contribution is -2.38. The van der Waals surface area contributed by atoms with Gasteiger partial charge in [0.05, 0.1) is 27.6 Å². The maximum atomic E-state index is 12.7. The number of carbonyl (C=O) groups excluding carboxylic acids is 1. The summed E-state index contributed by atoms with van der Waals surface area (Å²) in [7, 11) is 0. The van der Waals surface area contributed by atoms with E-state index >= 15 is 0 Å². The van der Waals surface area contributed by atoms with E-state index in [0.29, 0.717) is 21.9 Å². The second kappa shape index (κ2) is 8.96. The molecule has 2 aromatic carbocycles. The second-order valence-electron chi connectivity index (χ2n) is 8.01. The third-order valence-electron chi connectivity index (χ3n) is 5.87. The number of halogens is 2. The van der Waals surface area contributed by atoms with E-state index in [-0.39, 0.29) is 29.9 Å². The Labute approximate surface area is 204 Å². The molecule has 0 radical (unpaired) electrons. The van der Waals surface area contributed by atoms with Gasteiger partial charge in [0.25, 0.3) is 5.91 Å². The molecule has 1 aliphatic rings. The van der Waals surface area contributed by atoms with Crippen molar-refractivity contribution in [2.75, 3.05) is 11.4 Å². The third-order valence-corrected chi connectivity index (χ3v) is 6.67. The number of aromatic nitrogens is 3. The molecular formula is C24H19Cl2N5O3. The molecule has 1 amide bonds. The predicted octanol–water partition coefficient (Wildman–Crippen LogP) is 4.19. The fraction of sp³-hybridized carbons (Fsp3) is 0.167. The first-order chi connectivity index (χ1) is 16.4. The lowest BCUT2D eigenvalue weighted by molar-refractivity contribution is -0.138. The Morgan fingerprint density at radius 3 is 2.62 bits per heavy atom. The van der Waals surface area contributed by atoms with Gasteiger partial charge in [0.1, 0.15) is 11.9 Å². The molecule has 10 heteroatoms. The highest BCUT2D eigenvalue weighted by molar-refractivity contribution is 6.45. The van der Waals surface area contributed by atoms with E-state index in [1.807, 2.05) is 12.1 Å². The number of pyridine rings is 1. The number of carbonyl (C=O) groups is 2. The zero-order valence-corrected chi connectivity index (χ0v) is 19.2. The van der Waals surface area contributed by atoms with Gasteiger partial charge >= 0.3 is 5.97 Å². The molecule has 1 fully saturated rings. The van der Waals surface area contributed by atoms with Crippen molar-refractivity contribution < 1.29 is 14.7 Å². The van der Waals surface area contributed by atoms with Crippen molar-refractivity contribution in [3.05, 3.63) is 82.9 Å². The Hall–Kier alpha value is -3.62. The Kier molecular flexibility index (Phi) is 5.85. The molecule has 0 bridgehead atoms. The molecule has 2 aromatic heterocycles. The van der Waals surface area contributed by atoms with Crippen molar-refractivity contribution in [1.82, 2.24) is 19.9 Å². The fourth-order valence-corrected chi connectivity index (χ4v) is 4.61. The van der Waals surface area contributed by atoms with Crippen LogP contribution in [0.1, 0.15) is 16.8 Å². The number of hydrogen-bond acceptors (Lipinski definition) is 5. The largest absolute Gasteiger partial charge is 0.480 e. The standard InChI is InChI=1S/C24H19Cl2N5O3/c25-17-7-6-16-18(30-9-8-27-13-30)11-20(29-22(16)21(17)26)31-12-15(10-19(31)24(33)34)28-23(32)14-4-2-1-3-5-14/h1-9,11,13,15,19H,10,12H2,(H,28,32)(H,33,34)/t15-,19+/m1/s1. The molecule has 34 heavy (non-hydrogen) atoms. The van der Waals surface area contributed by atoms with Crippen molar-refractivity contribution >= 4 is 51.8 Å². The van der Waals surface area contributed by atoms with Crippen LogP contribution in [-0.4, -0.2) is 50.1 Å². The Balaban J connectivity index is 1.54. The summed E-state index contributed by atoms with van der Waals surface area (Å²) in [5.41, 5.74) is 1.70. The summed E-state index contributed by atoms with van der Waals surface area (Å²) >= 11 is 12.7. The molecule has 0 unspecified atom stereocenters. The molecule has 0 aliphatic carbocycles. The van der Waals surface area contributed by atoms with E-state index < -0.39 is 12.0 Å². The number of nitrogens with one attached hydrogen (secondary N) is 1. The van der Waals surface area contributed by atoms with E-state index in [4.69, 9.17) is 28.2 Å². The first kappa shape index (κ1) is 22.2. The number of benzene rings is 2. The number of fused-ring (bicyclic) bond motifs is 1. The summed E-state index contributed by atoms with van der Waals surface area (Å²) in [5, 5.41) is 14.3. The maximum Gasteiger partial charge on any atom is 0.326 e. The first-order valence-corrected chi connectivity index (χ1v) is 11.3. The number of carboxylic acid groups (broad SMARTS) is 1. The van der Waals surface area contributed by atoms with E-state index in [2.05, 4.69) is 10.3 Å². The molecule has 5 rings (SSSR count). The molecule has 1 aliphatic heterocycles. The van der Waals surface area contributed by atoms with Crippen LogP contribution in [0.25, 0.3) is 16.6 Å². The SMILES string of the molecule is O=C(N[C@@H]1C[C@@H](C(=O)O)N(c2cc(-n3ccnc3)c3ccc(Cl)c(Cl)c3n2)C1)c1ccccc1. The van der Waals surface area contributed by atoms with Gasteiger partial charge in [-0.1, -0.05) is 41.4 Å². The minimum atomic E-state index is -1.00. The highest BCUT2D eigenvalue weighted by Gasteiger charge is 2.39. The number of aliphatic carboxylic acids is 1. The summed E-state index contributed by atoms with van der Waals surface area (Å²) < 4.78 is 1.80. The highest BCUT2D eigenvalue weighted by atomic mass is 35.5. The van der Waals surface area contributed by atoms with E-state index in [1.165, 1.54) is 0 Å². The minimum absolute atomic E-state index is 0.233. The molecule has 0 saturated carbocycles. The second-order valence-corrected chi connectivity index (χ2v) is 8.79. The molecule has 2 N–H and O–H groups in total. The molecular weight excluding hydrogens is 477 g/mol. The van der Waals surface area contributed by atoms with Crippen LogP contribution in [0.3, 0.4) is 0 Å². The number of carboxylic acids is 1.